The van der Waals surface area contributed by atoms with Crippen LogP contribution in [0.1, 0.15) is 51.5 Å². The van der Waals surface area contributed by atoms with E-state index in [9.17, 15) is 0 Å². The fourth-order valence-electron chi connectivity index (χ4n) is 2.07. The van der Waals surface area contributed by atoms with Crippen molar-refractivity contribution in [1.29, 1.82) is 0 Å². The molecule has 1 heterocycles. The van der Waals surface area contributed by atoms with Crippen molar-refractivity contribution in [2.75, 3.05) is 6.54 Å². The molecule has 0 fully saturated rings. The molecular weight excluding hydrogens is 244 g/mol. The Kier molecular flexibility index (Phi) is 6.79. The quantitative estimate of drug-likeness (QED) is 0.726. The highest BCUT2D eigenvalue weighted by Crippen LogP contribution is 2.29. The zero-order valence-corrected chi connectivity index (χ0v) is 13.1. The number of oxazole rings is 1. The Bertz CT molecular complexity index is 326. The van der Waals surface area contributed by atoms with Crippen LogP contribution < -0.4 is 5.32 Å². The molecule has 2 atom stereocenters. The second kappa shape index (κ2) is 7.85. The van der Waals surface area contributed by atoms with Crippen molar-refractivity contribution in [3.05, 3.63) is 11.5 Å². The molecule has 3 nitrogen and oxygen atoms in total. The van der Waals surface area contributed by atoms with Crippen LogP contribution in [0, 0.1) is 13.8 Å². The van der Waals surface area contributed by atoms with E-state index in [-0.39, 0.29) is 0 Å². The normalized spacial score (nSPS) is 14.7. The smallest absolute Gasteiger partial charge is 0.256 e. The first-order valence-electron chi connectivity index (χ1n) is 6.96. The first kappa shape index (κ1) is 15.6. The van der Waals surface area contributed by atoms with Gasteiger partial charge in [-0.05, 0) is 33.2 Å². The Morgan fingerprint density at radius 3 is 2.44 bits per heavy atom. The van der Waals surface area contributed by atoms with E-state index in [1.54, 1.807) is 11.8 Å². The predicted octanol–water partition coefficient (Wildman–Crippen LogP) is 3.94. The second-order valence-electron chi connectivity index (χ2n) is 4.64. The molecular formula is C14H26N2OS. The first-order chi connectivity index (χ1) is 8.62. The average molecular weight is 270 g/mol. The number of nitrogens with zero attached hydrogens (tertiary/aromatic N) is 1. The van der Waals surface area contributed by atoms with Crippen molar-refractivity contribution in [2.45, 2.75) is 70.4 Å². The summed E-state index contributed by atoms with van der Waals surface area (Å²) in [5.74, 6) is 0.933. The second-order valence-corrected chi connectivity index (χ2v) is 5.83. The summed E-state index contributed by atoms with van der Waals surface area (Å²) in [6, 6.07) is 0.544. The van der Waals surface area contributed by atoms with E-state index in [0.29, 0.717) is 11.3 Å². The molecule has 1 aromatic heterocycles. The first-order valence-corrected chi connectivity index (χ1v) is 7.84. The fourth-order valence-corrected chi connectivity index (χ4v) is 3.25. The number of hydrogen-bond acceptors (Lipinski definition) is 4. The molecule has 0 saturated heterocycles. The van der Waals surface area contributed by atoms with Crippen LogP contribution in [-0.2, 0) is 0 Å². The summed E-state index contributed by atoms with van der Waals surface area (Å²) in [6.45, 7) is 11.6. The Hall–Kier alpha value is -0.480. The van der Waals surface area contributed by atoms with Gasteiger partial charge in [-0.2, -0.15) is 0 Å². The van der Waals surface area contributed by atoms with Gasteiger partial charge in [0.2, 0.25) is 0 Å². The SMILES string of the molecule is CCCC(NCC)C(CC)Sc1nc(C)c(C)o1. The van der Waals surface area contributed by atoms with Gasteiger partial charge in [-0.1, -0.05) is 39.0 Å². The molecule has 18 heavy (non-hydrogen) atoms. The Morgan fingerprint density at radius 1 is 1.28 bits per heavy atom. The molecule has 1 N–H and O–H groups in total. The lowest BCUT2D eigenvalue weighted by atomic mass is 10.1. The molecule has 0 aliphatic carbocycles. The highest BCUT2D eigenvalue weighted by Gasteiger charge is 2.22. The van der Waals surface area contributed by atoms with Crippen LogP contribution in [0.15, 0.2) is 9.64 Å². The van der Waals surface area contributed by atoms with Crippen molar-refractivity contribution < 1.29 is 4.42 Å². The summed E-state index contributed by atoms with van der Waals surface area (Å²) in [4.78, 5) is 4.47. The predicted molar refractivity (Wildman–Crippen MR) is 78.3 cm³/mol. The van der Waals surface area contributed by atoms with Crippen molar-refractivity contribution in [2.24, 2.45) is 0 Å². The maximum absolute atomic E-state index is 5.68. The molecule has 0 aromatic carbocycles. The standard InChI is InChI=1S/C14H26N2OS/c1-6-9-12(15-8-3)13(7-2)18-14-16-10(4)11(5)17-14/h12-13,15H,6-9H2,1-5H3. The van der Waals surface area contributed by atoms with Crippen molar-refractivity contribution >= 4 is 11.8 Å². The molecule has 104 valence electrons. The van der Waals surface area contributed by atoms with Gasteiger partial charge in [0.1, 0.15) is 5.76 Å². The van der Waals surface area contributed by atoms with Gasteiger partial charge >= 0.3 is 0 Å². The largest absolute Gasteiger partial charge is 0.437 e. The molecule has 2 unspecified atom stereocenters. The molecule has 0 aliphatic rings. The third kappa shape index (κ3) is 4.32. The van der Waals surface area contributed by atoms with E-state index in [2.05, 4.69) is 31.1 Å². The van der Waals surface area contributed by atoms with E-state index < -0.39 is 0 Å². The topological polar surface area (TPSA) is 38.1 Å². The van der Waals surface area contributed by atoms with Crippen molar-refractivity contribution in [1.82, 2.24) is 10.3 Å². The van der Waals surface area contributed by atoms with Gasteiger partial charge in [0.05, 0.1) is 5.69 Å². The number of aromatic nitrogens is 1. The molecule has 0 aliphatic heterocycles. The lowest BCUT2D eigenvalue weighted by Crippen LogP contribution is -2.37. The summed E-state index contributed by atoms with van der Waals surface area (Å²) < 4.78 is 5.68. The third-order valence-corrected chi connectivity index (χ3v) is 4.52. The minimum atomic E-state index is 0.530. The number of hydrogen-bond donors (Lipinski definition) is 1. The number of nitrogens with one attached hydrogen (secondary N) is 1. The lowest BCUT2D eigenvalue weighted by Gasteiger charge is -2.25. The average Bonchev–Trinajstić information content (AvgIpc) is 2.65. The van der Waals surface area contributed by atoms with Crippen LogP contribution in [-0.4, -0.2) is 22.8 Å². The highest BCUT2D eigenvalue weighted by atomic mass is 32.2. The van der Waals surface area contributed by atoms with Crippen LogP contribution in [0.5, 0.6) is 0 Å². The van der Waals surface area contributed by atoms with E-state index in [0.717, 1.165) is 29.6 Å². The number of rotatable bonds is 8. The molecule has 0 amide bonds. The van der Waals surface area contributed by atoms with Crippen molar-refractivity contribution in [3.8, 4) is 0 Å². The summed E-state index contributed by atoms with van der Waals surface area (Å²) >= 11 is 1.77. The van der Waals surface area contributed by atoms with E-state index in [1.165, 1.54) is 12.8 Å². The summed E-state index contributed by atoms with van der Waals surface area (Å²) in [5.41, 5.74) is 1.00. The van der Waals surface area contributed by atoms with Gasteiger partial charge in [-0.3, -0.25) is 0 Å². The maximum atomic E-state index is 5.68. The minimum absolute atomic E-state index is 0.530. The van der Waals surface area contributed by atoms with Gasteiger partial charge in [0, 0.05) is 11.3 Å². The van der Waals surface area contributed by atoms with E-state index >= 15 is 0 Å². The van der Waals surface area contributed by atoms with Crippen LogP contribution in [0.2, 0.25) is 0 Å². The number of thioether (sulfide) groups is 1. The van der Waals surface area contributed by atoms with Crippen LogP contribution in [0.4, 0.5) is 0 Å². The lowest BCUT2D eigenvalue weighted by molar-refractivity contribution is 0.422. The van der Waals surface area contributed by atoms with Crippen molar-refractivity contribution in [3.63, 3.8) is 0 Å². The molecule has 0 saturated carbocycles. The van der Waals surface area contributed by atoms with Gasteiger partial charge in [-0.25, -0.2) is 4.98 Å². The summed E-state index contributed by atoms with van der Waals surface area (Å²) in [7, 11) is 0. The third-order valence-electron chi connectivity index (χ3n) is 3.18. The molecule has 0 radical (unpaired) electrons. The van der Waals surface area contributed by atoms with E-state index in [1.807, 2.05) is 13.8 Å². The Morgan fingerprint density at radius 2 is 2.00 bits per heavy atom. The van der Waals surface area contributed by atoms with Crippen LogP contribution >= 0.6 is 11.8 Å². The van der Waals surface area contributed by atoms with Gasteiger partial charge in [-0.15, -0.1) is 0 Å². The van der Waals surface area contributed by atoms with Crippen LogP contribution in [0.25, 0.3) is 0 Å². The maximum Gasteiger partial charge on any atom is 0.256 e. The molecule has 0 bridgehead atoms. The molecule has 4 heteroatoms. The van der Waals surface area contributed by atoms with E-state index in [4.69, 9.17) is 4.42 Å². The Labute approximate surface area is 115 Å². The zero-order chi connectivity index (χ0) is 13.5. The summed E-state index contributed by atoms with van der Waals surface area (Å²) in [6.07, 6.45) is 3.54. The minimum Gasteiger partial charge on any atom is -0.437 e. The zero-order valence-electron chi connectivity index (χ0n) is 12.2. The molecule has 1 aromatic rings. The van der Waals surface area contributed by atoms with Gasteiger partial charge in [0.15, 0.2) is 0 Å². The monoisotopic (exact) mass is 270 g/mol. The number of aryl methyl sites for hydroxylation is 2. The summed E-state index contributed by atoms with van der Waals surface area (Å²) in [5, 5.41) is 4.93. The van der Waals surface area contributed by atoms with Gasteiger partial charge in [0.25, 0.3) is 5.22 Å². The Balaban J connectivity index is 2.69. The fraction of sp³-hybridized carbons (Fsp3) is 0.786. The highest BCUT2D eigenvalue weighted by molar-refractivity contribution is 7.99. The van der Waals surface area contributed by atoms with Gasteiger partial charge < -0.3 is 9.73 Å². The molecule has 0 spiro atoms. The molecule has 1 rings (SSSR count). The van der Waals surface area contributed by atoms with Crippen LogP contribution in [0.3, 0.4) is 0 Å².